The van der Waals surface area contributed by atoms with Gasteiger partial charge in [-0.3, -0.25) is 10.1 Å². The third kappa shape index (κ3) is 5.56. The molecule has 1 aromatic carbocycles. The van der Waals surface area contributed by atoms with Crippen LogP contribution in [0.2, 0.25) is 0 Å². The van der Waals surface area contributed by atoms with Gasteiger partial charge in [-0.15, -0.1) is 0 Å². The zero-order valence-electron chi connectivity index (χ0n) is 15.4. The van der Waals surface area contributed by atoms with Crippen LogP contribution in [0.5, 0.6) is 5.75 Å². The van der Waals surface area contributed by atoms with Crippen molar-refractivity contribution in [2.45, 2.75) is 26.3 Å². The number of aromatic nitrogens is 2. The number of carbonyl (C=O) groups is 3. The lowest BCUT2D eigenvalue weighted by atomic mass is 10.3. The van der Waals surface area contributed by atoms with Crippen LogP contribution in [0, 0.1) is 0 Å². The van der Waals surface area contributed by atoms with Gasteiger partial charge in [-0.2, -0.15) is 5.10 Å². The van der Waals surface area contributed by atoms with Gasteiger partial charge in [0.05, 0.1) is 19.0 Å². The van der Waals surface area contributed by atoms with Crippen LogP contribution in [-0.4, -0.2) is 47.4 Å². The lowest BCUT2D eigenvalue weighted by molar-refractivity contribution is -0.123. The fraction of sp³-hybridized carbons (Fsp3) is 0.333. The maximum absolute atomic E-state index is 12.2. The molecule has 2 aromatic rings. The molecule has 0 aliphatic rings. The van der Waals surface area contributed by atoms with E-state index in [1.807, 2.05) is 37.3 Å². The summed E-state index contributed by atoms with van der Waals surface area (Å²) in [5, 5.41) is 8.81. The van der Waals surface area contributed by atoms with Gasteiger partial charge < -0.3 is 14.8 Å². The molecule has 0 radical (unpaired) electrons. The topological polar surface area (TPSA) is 112 Å². The summed E-state index contributed by atoms with van der Waals surface area (Å²) < 4.78 is 11.5. The average Bonchev–Trinajstić information content (AvgIpc) is 3.11. The number of nitrogens with zero attached hydrogens (tertiary/aromatic N) is 2. The van der Waals surface area contributed by atoms with Crippen LogP contribution < -0.4 is 15.4 Å². The minimum Gasteiger partial charge on any atom is -0.493 e. The smallest absolute Gasteiger partial charge is 0.363 e. The van der Waals surface area contributed by atoms with Crippen LogP contribution >= 0.6 is 0 Å². The molecular formula is C18H22N4O5. The second-order valence-corrected chi connectivity index (χ2v) is 5.73. The van der Waals surface area contributed by atoms with Crippen molar-refractivity contribution in [2.75, 3.05) is 13.7 Å². The summed E-state index contributed by atoms with van der Waals surface area (Å²) >= 11 is 0. The third-order valence-electron chi connectivity index (χ3n) is 3.69. The van der Waals surface area contributed by atoms with Crippen molar-refractivity contribution < 1.29 is 23.9 Å². The highest BCUT2D eigenvalue weighted by molar-refractivity contribution is 5.97. The van der Waals surface area contributed by atoms with Gasteiger partial charge in [-0.25, -0.2) is 14.3 Å². The summed E-state index contributed by atoms with van der Waals surface area (Å²) in [6, 6.07) is 8.42. The van der Waals surface area contributed by atoms with E-state index in [0.29, 0.717) is 0 Å². The van der Waals surface area contributed by atoms with Gasteiger partial charge in [-0.05, 0) is 25.5 Å². The Hall–Kier alpha value is -3.36. The first-order valence-electron chi connectivity index (χ1n) is 8.41. The van der Waals surface area contributed by atoms with Gasteiger partial charge in [0.25, 0.3) is 5.91 Å². The monoisotopic (exact) mass is 374 g/mol. The molecule has 2 rings (SSSR count). The molecule has 0 spiro atoms. The molecule has 1 aromatic heterocycles. The first-order chi connectivity index (χ1) is 12.9. The standard InChI is InChI=1S/C18H22N4O5/c1-4-12(2)19-18(25)20-15(23)11-27-17(24)16-14(26-3)10-22(21-16)13-8-6-5-7-9-13/h5-10,12H,4,11H2,1-3H3,(H2,19,20,23,25)/t12-/m0/s1. The molecule has 1 heterocycles. The van der Waals surface area contributed by atoms with Crippen molar-refractivity contribution in [3.05, 3.63) is 42.2 Å². The van der Waals surface area contributed by atoms with E-state index >= 15 is 0 Å². The van der Waals surface area contributed by atoms with E-state index in [4.69, 9.17) is 9.47 Å². The van der Waals surface area contributed by atoms with Gasteiger partial charge >= 0.3 is 12.0 Å². The highest BCUT2D eigenvalue weighted by Gasteiger charge is 2.21. The number of hydrogen-bond acceptors (Lipinski definition) is 6. The highest BCUT2D eigenvalue weighted by Crippen LogP contribution is 2.20. The van der Waals surface area contributed by atoms with Crippen LogP contribution in [0.3, 0.4) is 0 Å². The molecule has 0 aliphatic carbocycles. The van der Waals surface area contributed by atoms with Gasteiger partial charge in [0.15, 0.2) is 12.4 Å². The molecule has 3 amide bonds. The first kappa shape index (κ1) is 20.0. The summed E-state index contributed by atoms with van der Waals surface area (Å²) in [6.45, 7) is 3.09. The lowest BCUT2D eigenvalue weighted by Gasteiger charge is -2.11. The summed E-state index contributed by atoms with van der Waals surface area (Å²) in [5.41, 5.74) is 0.660. The third-order valence-corrected chi connectivity index (χ3v) is 3.69. The second-order valence-electron chi connectivity index (χ2n) is 5.73. The second kappa shape index (κ2) is 9.37. The van der Waals surface area contributed by atoms with Crippen molar-refractivity contribution in [1.82, 2.24) is 20.4 Å². The molecule has 27 heavy (non-hydrogen) atoms. The first-order valence-corrected chi connectivity index (χ1v) is 8.41. The predicted octanol–water partition coefficient (Wildman–Crippen LogP) is 1.66. The van der Waals surface area contributed by atoms with Gasteiger partial charge in [0.1, 0.15) is 0 Å². The van der Waals surface area contributed by atoms with E-state index in [2.05, 4.69) is 15.7 Å². The molecule has 0 saturated carbocycles. The van der Waals surface area contributed by atoms with Crippen LogP contribution in [0.25, 0.3) is 5.69 Å². The molecule has 0 fully saturated rings. The molecule has 9 nitrogen and oxygen atoms in total. The summed E-state index contributed by atoms with van der Waals surface area (Å²) in [4.78, 5) is 35.5. The number of ether oxygens (including phenoxy) is 2. The molecule has 0 aliphatic heterocycles. The fourth-order valence-electron chi connectivity index (χ4n) is 2.09. The molecule has 9 heteroatoms. The quantitative estimate of drug-likeness (QED) is 0.713. The van der Waals surface area contributed by atoms with E-state index in [1.54, 1.807) is 6.92 Å². The van der Waals surface area contributed by atoms with E-state index in [9.17, 15) is 14.4 Å². The number of carbonyl (C=O) groups excluding carboxylic acids is 3. The fourth-order valence-corrected chi connectivity index (χ4v) is 2.09. The number of nitrogens with one attached hydrogen (secondary N) is 2. The largest absolute Gasteiger partial charge is 0.493 e. The minimum atomic E-state index is -0.834. The van der Waals surface area contributed by atoms with Crippen LogP contribution in [0.1, 0.15) is 30.8 Å². The average molecular weight is 374 g/mol. The zero-order valence-corrected chi connectivity index (χ0v) is 15.4. The number of imide groups is 1. The van der Waals surface area contributed by atoms with E-state index in [1.165, 1.54) is 18.0 Å². The van der Waals surface area contributed by atoms with E-state index in [0.717, 1.165) is 12.1 Å². The Morgan fingerprint density at radius 3 is 2.56 bits per heavy atom. The maximum atomic E-state index is 12.2. The van der Waals surface area contributed by atoms with Crippen molar-refractivity contribution in [2.24, 2.45) is 0 Å². The molecule has 0 unspecified atom stereocenters. The van der Waals surface area contributed by atoms with Crippen LogP contribution in [-0.2, 0) is 9.53 Å². The number of methoxy groups -OCH3 is 1. The van der Waals surface area contributed by atoms with Gasteiger partial charge in [-0.1, -0.05) is 25.1 Å². The maximum Gasteiger partial charge on any atom is 0.363 e. The van der Waals surface area contributed by atoms with Crippen molar-refractivity contribution in [3.8, 4) is 11.4 Å². The highest BCUT2D eigenvalue weighted by atomic mass is 16.5. The Kier molecular flexibility index (Phi) is 6.93. The van der Waals surface area contributed by atoms with Crippen molar-refractivity contribution >= 4 is 17.9 Å². The Morgan fingerprint density at radius 1 is 1.22 bits per heavy atom. The van der Waals surface area contributed by atoms with Gasteiger partial charge in [0.2, 0.25) is 5.69 Å². The normalized spacial score (nSPS) is 11.4. The number of urea groups is 1. The SMILES string of the molecule is CC[C@H](C)NC(=O)NC(=O)COC(=O)c1nn(-c2ccccc2)cc1OC. The molecule has 0 bridgehead atoms. The molecular weight excluding hydrogens is 352 g/mol. The van der Waals surface area contributed by atoms with Gasteiger partial charge in [0, 0.05) is 6.04 Å². The molecule has 2 N–H and O–H groups in total. The van der Waals surface area contributed by atoms with Crippen LogP contribution in [0.15, 0.2) is 36.5 Å². The lowest BCUT2D eigenvalue weighted by Crippen LogP contribution is -2.44. The van der Waals surface area contributed by atoms with Crippen molar-refractivity contribution in [3.63, 3.8) is 0 Å². The molecule has 0 saturated heterocycles. The Bertz CT molecular complexity index is 803. The Balaban J connectivity index is 1.96. The number of amides is 3. The zero-order chi connectivity index (χ0) is 19.8. The Labute approximate surface area is 156 Å². The number of benzene rings is 1. The van der Waals surface area contributed by atoms with E-state index in [-0.39, 0.29) is 17.5 Å². The number of esters is 1. The van der Waals surface area contributed by atoms with E-state index < -0.39 is 24.5 Å². The van der Waals surface area contributed by atoms with Crippen LogP contribution in [0.4, 0.5) is 4.79 Å². The predicted molar refractivity (Wildman–Crippen MR) is 96.8 cm³/mol. The summed E-state index contributed by atoms with van der Waals surface area (Å²) in [7, 11) is 1.40. The number of hydrogen-bond donors (Lipinski definition) is 2. The number of rotatable bonds is 7. The Morgan fingerprint density at radius 2 is 1.93 bits per heavy atom. The molecule has 1 atom stereocenters. The molecule has 144 valence electrons. The summed E-state index contributed by atoms with van der Waals surface area (Å²) in [5.74, 6) is -1.37. The minimum absolute atomic E-state index is 0.0711. The number of para-hydroxylation sites is 1. The van der Waals surface area contributed by atoms with Crippen molar-refractivity contribution in [1.29, 1.82) is 0 Å². The summed E-state index contributed by atoms with van der Waals surface area (Å²) in [6.07, 6.45) is 2.26.